The van der Waals surface area contributed by atoms with E-state index in [0.717, 1.165) is 17.4 Å². The van der Waals surface area contributed by atoms with Gasteiger partial charge in [-0.1, -0.05) is 42.6 Å². The van der Waals surface area contributed by atoms with Crippen molar-refractivity contribution in [2.45, 2.75) is 63.1 Å². The molecule has 21 heavy (non-hydrogen) atoms. The normalized spacial score (nSPS) is 31.1. The molecule has 0 heterocycles. The molecule has 2 N–H and O–H groups in total. The Kier molecular flexibility index (Phi) is 4.58. The van der Waals surface area contributed by atoms with Crippen molar-refractivity contribution >= 4 is 11.6 Å². The third kappa shape index (κ3) is 2.99. The number of halogens is 1. The van der Waals surface area contributed by atoms with Crippen molar-refractivity contribution in [1.82, 2.24) is 10.6 Å². The van der Waals surface area contributed by atoms with Gasteiger partial charge in [0, 0.05) is 17.1 Å². The molecule has 2 fully saturated rings. The van der Waals surface area contributed by atoms with Gasteiger partial charge in [-0.05, 0) is 57.2 Å². The fourth-order valence-electron chi connectivity index (χ4n) is 4.03. The van der Waals surface area contributed by atoms with Gasteiger partial charge in [-0.3, -0.25) is 0 Å². The maximum absolute atomic E-state index is 6.53. The van der Waals surface area contributed by atoms with Crippen molar-refractivity contribution in [3.63, 3.8) is 0 Å². The van der Waals surface area contributed by atoms with Crippen molar-refractivity contribution < 1.29 is 0 Å². The summed E-state index contributed by atoms with van der Waals surface area (Å²) in [5, 5.41) is 8.46. The van der Waals surface area contributed by atoms with Crippen molar-refractivity contribution in [3.05, 3.63) is 34.9 Å². The molecule has 1 aromatic rings. The molecule has 0 saturated heterocycles. The van der Waals surface area contributed by atoms with Crippen LogP contribution >= 0.6 is 11.6 Å². The lowest BCUT2D eigenvalue weighted by Gasteiger charge is -2.46. The number of nitrogens with one attached hydrogen (secondary N) is 2. The van der Waals surface area contributed by atoms with Crippen LogP contribution in [-0.2, 0) is 5.54 Å². The predicted octanol–water partition coefficient (Wildman–Crippen LogP) is 4.09. The second kappa shape index (κ2) is 6.28. The monoisotopic (exact) mass is 306 g/mol. The van der Waals surface area contributed by atoms with Crippen LogP contribution in [0.4, 0.5) is 0 Å². The molecule has 0 amide bonds. The molecule has 3 atom stereocenters. The molecule has 0 bridgehead atoms. The molecule has 2 aliphatic carbocycles. The van der Waals surface area contributed by atoms with Crippen molar-refractivity contribution in [2.75, 3.05) is 7.05 Å². The third-order valence-corrected chi connectivity index (χ3v) is 5.83. The Morgan fingerprint density at radius 3 is 2.62 bits per heavy atom. The number of hydrogen-bond acceptors (Lipinski definition) is 2. The van der Waals surface area contributed by atoms with E-state index in [0.29, 0.717) is 12.1 Å². The van der Waals surface area contributed by atoms with E-state index in [-0.39, 0.29) is 5.54 Å². The number of hydrogen-bond donors (Lipinski definition) is 2. The van der Waals surface area contributed by atoms with Crippen molar-refractivity contribution in [1.29, 1.82) is 0 Å². The summed E-state index contributed by atoms with van der Waals surface area (Å²) in [6.07, 6.45) is 7.73. The second-order valence-electron chi connectivity index (χ2n) is 6.79. The molecule has 0 radical (unpaired) electrons. The molecule has 0 spiro atoms. The molecule has 0 aliphatic heterocycles. The summed E-state index contributed by atoms with van der Waals surface area (Å²) in [5.41, 5.74) is 1.23. The van der Waals surface area contributed by atoms with Gasteiger partial charge in [0.2, 0.25) is 0 Å². The molecular formula is C18H27ClN2. The zero-order valence-electron chi connectivity index (χ0n) is 13.2. The quantitative estimate of drug-likeness (QED) is 0.856. The number of rotatable bonds is 5. The van der Waals surface area contributed by atoms with E-state index in [1.54, 1.807) is 0 Å². The highest BCUT2D eigenvalue weighted by Gasteiger charge is 2.43. The minimum absolute atomic E-state index is 0.0280. The van der Waals surface area contributed by atoms with E-state index in [1.165, 1.54) is 37.7 Å². The van der Waals surface area contributed by atoms with Crippen LogP contribution in [0.1, 0.15) is 51.0 Å². The first kappa shape index (κ1) is 15.3. The SMILES string of the molecule is CN[C@@]1(c2ccccc2Cl)CCCC[C@@H]1NC(C)C1CC1. The van der Waals surface area contributed by atoms with Crippen LogP contribution in [-0.4, -0.2) is 19.1 Å². The van der Waals surface area contributed by atoms with Gasteiger partial charge in [-0.2, -0.15) is 0 Å². The van der Waals surface area contributed by atoms with Crippen LogP contribution in [0.5, 0.6) is 0 Å². The van der Waals surface area contributed by atoms with Crippen LogP contribution in [0.25, 0.3) is 0 Å². The first-order chi connectivity index (χ1) is 10.2. The smallest absolute Gasteiger partial charge is 0.0602 e. The molecule has 3 heteroatoms. The lowest BCUT2D eigenvalue weighted by molar-refractivity contribution is 0.164. The zero-order chi connectivity index (χ0) is 14.9. The number of benzene rings is 1. The summed E-state index contributed by atoms with van der Waals surface area (Å²) in [6, 6.07) is 9.42. The average molecular weight is 307 g/mol. The first-order valence-corrected chi connectivity index (χ1v) is 8.75. The Balaban J connectivity index is 1.90. The third-order valence-electron chi connectivity index (χ3n) is 5.50. The van der Waals surface area contributed by atoms with Gasteiger partial charge in [-0.15, -0.1) is 0 Å². The number of likely N-dealkylation sites (N-methyl/N-ethyl adjacent to an activating group) is 1. The Morgan fingerprint density at radius 2 is 1.95 bits per heavy atom. The maximum Gasteiger partial charge on any atom is 0.0602 e. The van der Waals surface area contributed by atoms with Crippen LogP contribution in [0.15, 0.2) is 24.3 Å². The van der Waals surface area contributed by atoms with E-state index in [9.17, 15) is 0 Å². The minimum Gasteiger partial charge on any atom is -0.309 e. The lowest BCUT2D eigenvalue weighted by Crippen LogP contribution is -2.59. The van der Waals surface area contributed by atoms with Crippen LogP contribution < -0.4 is 10.6 Å². The Labute approximate surface area is 133 Å². The van der Waals surface area contributed by atoms with Gasteiger partial charge in [0.15, 0.2) is 0 Å². The van der Waals surface area contributed by atoms with Gasteiger partial charge < -0.3 is 10.6 Å². The summed E-state index contributed by atoms with van der Waals surface area (Å²) >= 11 is 6.53. The lowest BCUT2D eigenvalue weighted by atomic mass is 9.72. The molecule has 0 aromatic heterocycles. The van der Waals surface area contributed by atoms with Crippen molar-refractivity contribution in [3.8, 4) is 0 Å². The fourth-order valence-corrected chi connectivity index (χ4v) is 4.33. The molecule has 1 unspecified atom stereocenters. The van der Waals surface area contributed by atoms with E-state index >= 15 is 0 Å². The Bertz CT molecular complexity index is 486. The van der Waals surface area contributed by atoms with E-state index < -0.39 is 0 Å². The molecule has 3 rings (SSSR count). The van der Waals surface area contributed by atoms with E-state index in [2.05, 4.69) is 36.7 Å². The van der Waals surface area contributed by atoms with Crippen molar-refractivity contribution in [2.24, 2.45) is 5.92 Å². The topological polar surface area (TPSA) is 24.1 Å². The standard InChI is InChI=1S/C18H27ClN2/c1-13(14-10-11-14)21-17-9-5-6-12-18(17,20-2)15-7-3-4-8-16(15)19/h3-4,7-8,13-14,17,20-21H,5-6,9-12H2,1-2H3/t13?,17-,18+/m0/s1. The van der Waals surface area contributed by atoms with Gasteiger partial charge >= 0.3 is 0 Å². The summed E-state index contributed by atoms with van der Waals surface area (Å²) < 4.78 is 0. The van der Waals surface area contributed by atoms with Crippen LogP contribution in [0.3, 0.4) is 0 Å². The first-order valence-electron chi connectivity index (χ1n) is 8.37. The molecular weight excluding hydrogens is 280 g/mol. The maximum atomic E-state index is 6.53. The van der Waals surface area contributed by atoms with E-state index in [4.69, 9.17) is 11.6 Å². The Hall–Kier alpha value is -0.570. The molecule has 1 aromatic carbocycles. The summed E-state index contributed by atoms with van der Waals surface area (Å²) in [6.45, 7) is 2.35. The van der Waals surface area contributed by atoms with Gasteiger partial charge in [0.1, 0.15) is 0 Å². The highest BCUT2D eigenvalue weighted by atomic mass is 35.5. The molecule has 2 aliphatic rings. The second-order valence-corrected chi connectivity index (χ2v) is 7.20. The zero-order valence-corrected chi connectivity index (χ0v) is 13.9. The largest absolute Gasteiger partial charge is 0.309 e. The van der Waals surface area contributed by atoms with Crippen LogP contribution in [0, 0.1) is 5.92 Å². The predicted molar refractivity (Wildman–Crippen MR) is 89.8 cm³/mol. The van der Waals surface area contributed by atoms with Gasteiger partial charge in [0.05, 0.1) is 5.54 Å². The highest BCUT2D eigenvalue weighted by molar-refractivity contribution is 6.31. The summed E-state index contributed by atoms with van der Waals surface area (Å²) in [7, 11) is 2.09. The average Bonchev–Trinajstić information content (AvgIpc) is 3.33. The molecule has 116 valence electrons. The Morgan fingerprint density at radius 1 is 1.19 bits per heavy atom. The van der Waals surface area contributed by atoms with E-state index in [1.807, 2.05) is 12.1 Å². The van der Waals surface area contributed by atoms with Gasteiger partial charge in [-0.25, -0.2) is 0 Å². The van der Waals surface area contributed by atoms with Gasteiger partial charge in [0.25, 0.3) is 0 Å². The minimum atomic E-state index is -0.0280. The summed E-state index contributed by atoms with van der Waals surface area (Å²) in [4.78, 5) is 0. The molecule has 2 nitrogen and oxygen atoms in total. The molecule has 2 saturated carbocycles. The fraction of sp³-hybridized carbons (Fsp3) is 0.667. The van der Waals surface area contributed by atoms with Crippen LogP contribution in [0.2, 0.25) is 5.02 Å². The highest BCUT2D eigenvalue weighted by Crippen LogP contribution is 2.41. The summed E-state index contributed by atoms with van der Waals surface area (Å²) in [5.74, 6) is 0.882.